The van der Waals surface area contributed by atoms with Crippen molar-refractivity contribution in [1.82, 2.24) is 0 Å². The second-order valence-corrected chi connectivity index (χ2v) is 3.65. The highest BCUT2D eigenvalue weighted by atomic mass is 15.1. The summed E-state index contributed by atoms with van der Waals surface area (Å²) in [7, 11) is 2.07. The van der Waals surface area contributed by atoms with Gasteiger partial charge in [-0.05, 0) is 18.6 Å². The molecule has 0 radical (unpaired) electrons. The number of para-hydroxylation sites is 1. The van der Waals surface area contributed by atoms with Crippen LogP contribution in [0.4, 0.5) is 5.69 Å². The van der Waals surface area contributed by atoms with E-state index in [1.54, 1.807) is 0 Å². The van der Waals surface area contributed by atoms with Gasteiger partial charge in [-0.1, -0.05) is 37.5 Å². The molecule has 1 heteroatoms. The first-order valence-electron chi connectivity index (χ1n) is 5.56. The Hall–Kier alpha value is -1.42. The number of hydrogen-bond acceptors (Lipinski definition) is 1. The number of rotatable bonds is 4. The third-order valence-electron chi connectivity index (χ3n) is 2.29. The molecule has 0 bridgehead atoms. The van der Waals surface area contributed by atoms with Crippen LogP contribution in [0.2, 0.25) is 0 Å². The number of nitrogens with zero attached hydrogens (tertiary/aromatic N) is 1. The van der Waals surface area contributed by atoms with Crippen LogP contribution >= 0.6 is 0 Å². The zero-order valence-electron chi connectivity index (χ0n) is 9.66. The largest absolute Gasteiger partial charge is 0.363 e. The second kappa shape index (κ2) is 6.95. The van der Waals surface area contributed by atoms with Crippen LogP contribution in [0.15, 0.2) is 30.3 Å². The van der Waals surface area contributed by atoms with Crippen LogP contribution in [0.25, 0.3) is 0 Å². The van der Waals surface area contributed by atoms with Crippen molar-refractivity contribution in [3.63, 3.8) is 0 Å². The monoisotopic (exact) mass is 201 g/mol. The molecular formula is C14H19N. The van der Waals surface area contributed by atoms with Gasteiger partial charge in [-0.3, -0.25) is 0 Å². The zero-order chi connectivity index (χ0) is 10.9. The maximum absolute atomic E-state index is 3.20. The van der Waals surface area contributed by atoms with Crippen LogP contribution in [-0.4, -0.2) is 13.6 Å². The van der Waals surface area contributed by atoms with E-state index in [1.807, 2.05) is 6.07 Å². The van der Waals surface area contributed by atoms with Crippen LogP contribution in [-0.2, 0) is 0 Å². The summed E-state index contributed by atoms with van der Waals surface area (Å²) in [4.78, 5) is 2.17. The van der Waals surface area contributed by atoms with Crippen molar-refractivity contribution in [1.29, 1.82) is 0 Å². The average Bonchev–Trinajstić information content (AvgIpc) is 2.30. The number of hydrogen-bond donors (Lipinski definition) is 0. The molecule has 0 saturated heterocycles. The van der Waals surface area contributed by atoms with Crippen molar-refractivity contribution in [2.45, 2.75) is 26.2 Å². The van der Waals surface area contributed by atoms with Gasteiger partial charge in [0.15, 0.2) is 0 Å². The summed E-state index contributed by atoms with van der Waals surface area (Å²) in [6.07, 6.45) is 3.46. The van der Waals surface area contributed by atoms with Gasteiger partial charge in [0.25, 0.3) is 0 Å². The fourth-order valence-corrected chi connectivity index (χ4v) is 1.30. The average molecular weight is 201 g/mol. The predicted octanol–water partition coefficient (Wildman–Crippen LogP) is 3.32. The molecule has 0 amide bonds. The minimum Gasteiger partial charge on any atom is -0.363 e. The Kier molecular flexibility index (Phi) is 5.40. The molecular weight excluding hydrogens is 182 g/mol. The SMILES string of the molecule is CCCCC#CCN(C)c1ccccc1. The Morgan fingerprint density at radius 3 is 2.53 bits per heavy atom. The number of unbranched alkanes of at least 4 members (excludes halogenated alkanes) is 2. The predicted molar refractivity (Wildman–Crippen MR) is 67.0 cm³/mol. The maximum atomic E-state index is 3.20. The third-order valence-corrected chi connectivity index (χ3v) is 2.29. The normalized spacial score (nSPS) is 9.20. The van der Waals surface area contributed by atoms with Crippen molar-refractivity contribution < 1.29 is 0 Å². The molecule has 1 rings (SSSR count). The molecule has 0 fully saturated rings. The van der Waals surface area contributed by atoms with Gasteiger partial charge in [-0.15, -0.1) is 5.92 Å². The molecule has 0 aliphatic heterocycles. The van der Waals surface area contributed by atoms with E-state index in [4.69, 9.17) is 0 Å². The first kappa shape index (κ1) is 11.7. The lowest BCUT2D eigenvalue weighted by molar-refractivity contribution is 0.827. The molecule has 0 aromatic heterocycles. The smallest absolute Gasteiger partial charge is 0.0791 e. The first-order chi connectivity index (χ1) is 7.34. The fraction of sp³-hybridized carbons (Fsp3) is 0.429. The van der Waals surface area contributed by atoms with Crippen LogP contribution in [0.1, 0.15) is 26.2 Å². The van der Waals surface area contributed by atoms with Crippen molar-refractivity contribution in [3.8, 4) is 11.8 Å². The Bertz CT molecular complexity index is 318. The summed E-state index contributed by atoms with van der Waals surface area (Å²) in [6, 6.07) is 10.3. The molecule has 1 nitrogen and oxygen atoms in total. The summed E-state index contributed by atoms with van der Waals surface area (Å²) in [5, 5.41) is 0. The molecule has 0 atom stereocenters. The molecule has 0 unspecified atom stereocenters. The highest BCUT2D eigenvalue weighted by Crippen LogP contribution is 2.09. The van der Waals surface area contributed by atoms with E-state index in [-0.39, 0.29) is 0 Å². The van der Waals surface area contributed by atoms with Gasteiger partial charge in [0, 0.05) is 19.2 Å². The van der Waals surface area contributed by atoms with E-state index >= 15 is 0 Å². The zero-order valence-corrected chi connectivity index (χ0v) is 9.66. The van der Waals surface area contributed by atoms with E-state index in [1.165, 1.54) is 18.5 Å². The molecule has 1 aromatic rings. The highest BCUT2D eigenvalue weighted by Gasteiger charge is 1.94. The summed E-state index contributed by atoms with van der Waals surface area (Å²) < 4.78 is 0. The Balaban J connectivity index is 2.35. The topological polar surface area (TPSA) is 3.24 Å². The molecule has 0 saturated carbocycles. The molecule has 0 N–H and O–H groups in total. The number of anilines is 1. The molecule has 15 heavy (non-hydrogen) atoms. The molecule has 1 aromatic carbocycles. The summed E-state index contributed by atoms with van der Waals surface area (Å²) in [6.45, 7) is 3.01. The van der Waals surface area contributed by atoms with Crippen LogP contribution in [0.3, 0.4) is 0 Å². The van der Waals surface area contributed by atoms with Crippen molar-refractivity contribution in [2.75, 3.05) is 18.5 Å². The van der Waals surface area contributed by atoms with Gasteiger partial charge in [-0.2, -0.15) is 0 Å². The van der Waals surface area contributed by atoms with Gasteiger partial charge in [-0.25, -0.2) is 0 Å². The lowest BCUT2D eigenvalue weighted by Gasteiger charge is -2.15. The van der Waals surface area contributed by atoms with Gasteiger partial charge in [0.1, 0.15) is 0 Å². The van der Waals surface area contributed by atoms with E-state index < -0.39 is 0 Å². The lowest BCUT2D eigenvalue weighted by Crippen LogP contribution is -2.16. The minimum absolute atomic E-state index is 0.813. The molecule has 0 aliphatic carbocycles. The quantitative estimate of drug-likeness (QED) is 0.533. The highest BCUT2D eigenvalue weighted by molar-refractivity contribution is 5.46. The van der Waals surface area contributed by atoms with E-state index in [0.29, 0.717) is 0 Å². The van der Waals surface area contributed by atoms with E-state index in [2.05, 4.69) is 55.0 Å². The molecule has 80 valence electrons. The fourth-order valence-electron chi connectivity index (χ4n) is 1.30. The van der Waals surface area contributed by atoms with Crippen LogP contribution < -0.4 is 4.90 Å². The molecule has 0 spiro atoms. The van der Waals surface area contributed by atoms with Crippen molar-refractivity contribution in [3.05, 3.63) is 30.3 Å². The minimum atomic E-state index is 0.813. The van der Waals surface area contributed by atoms with Gasteiger partial charge in [0.2, 0.25) is 0 Å². The summed E-state index contributed by atoms with van der Waals surface area (Å²) in [5.41, 5.74) is 1.22. The second-order valence-electron chi connectivity index (χ2n) is 3.65. The van der Waals surface area contributed by atoms with Gasteiger partial charge in [0.05, 0.1) is 6.54 Å². The first-order valence-corrected chi connectivity index (χ1v) is 5.56. The molecule has 0 aliphatic rings. The van der Waals surface area contributed by atoms with Crippen LogP contribution in [0.5, 0.6) is 0 Å². The van der Waals surface area contributed by atoms with Crippen LogP contribution in [0, 0.1) is 11.8 Å². The summed E-state index contributed by atoms with van der Waals surface area (Å²) in [5.74, 6) is 6.39. The standard InChI is InChI=1S/C14H19N/c1-3-4-5-6-10-13-15(2)14-11-8-7-9-12-14/h7-9,11-12H,3-5,13H2,1-2H3. The maximum Gasteiger partial charge on any atom is 0.0791 e. The van der Waals surface area contributed by atoms with E-state index in [0.717, 1.165) is 13.0 Å². The lowest BCUT2D eigenvalue weighted by atomic mass is 10.2. The summed E-state index contributed by atoms with van der Waals surface area (Å²) >= 11 is 0. The Morgan fingerprint density at radius 2 is 1.87 bits per heavy atom. The van der Waals surface area contributed by atoms with Crippen molar-refractivity contribution >= 4 is 5.69 Å². The van der Waals surface area contributed by atoms with Crippen molar-refractivity contribution in [2.24, 2.45) is 0 Å². The number of benzene rings is 1. The van der Waals surface area contributed by atoms with E-state index in [9.17, 15) is 0 Å². The molecule has 0 heterocycles. The third kappa shape index (κ3) is 4.56. The van der Waals surface area contributed by atoms with Gasteiger partial charge >= 0.3 is 0 Å². The Labute approximate surface area is 93.1 Å². The Morgan fingerprint density at radius 1 is 1.13 bits per heavy atom. The van der Waals surface area contributed by atoms with Gasteiger partial charge < -0.3 is 4.90 Å².